The molecule has 2 saturated heterocycles. The zero-order valence-electron chi connectivity index (χ0n) is 16.7. The molecule has 1 aromatic carbocycles. The molecule has 6 heteroatoms. The highest BCUT2D eigenvalue weighted by molar-refractivity contribution is 5.93. The van der Waals surface area contributed by atoms with Crippen LogP contribution in [0.5, 0.6) is 5.75 Å². The first kappa shape index (κ1) is 18.6. The molecule has 152 valence electrons. The molecule has 0 aliphatic carbocycles. The topological polar surface area (TPSA) is 62.4 Å². The Balaban J connectivity index is 1.35. The van der Waals surface area contributed by atoms with Crippen LogP contribution in [0.4, 0.5) is 0 Å². The molecule has 2 fully saturated rings. The van der Waals surface area contributed by atoms with Gasteiger partial charge in [0.1, 0.15) is 11.9 Å². The van der Waals surface area contributed by atoms with Crippen molar-refractivity contribution in [2.24, 2.45) is 0 Å². The molecule has 2 N–H and O–H groups in total. The third kappa shape index (κ3) is 4.29. The Hall–Kier alpha value is -2.41. The number of ether oxygens (including phenoxy) is 2. The number of aromatic amines is 1. The fraction of sp³-hybridized carbons (Fsp3) is 0.435. The Morgan fingerprint density at radius 2 is 1.86 bits per heavy atom. The van der Waals surface area contributed by atoms with Gasteiger partial charge in [0.25, 0.3) is 0 Å². The number of nitrogens with one attached hydrogen (secondary N) is 2. The molecular formula is C23H28N4O2. The van der Waals surface area contributed by atoms with E-state index in [9.17, 15) is 0 Å². The number of aromatic nitrogens is 2. The van der Waals surface area contributed by atoms with Crippen LogP contribution in [0.25, 0.3) is 22.2 Å². The van der Waals surface area contributed by atoms with Crippen LogP contribution in [0.2, 0.25) is 0 Å². The maximum absolute atomic E-state index is 6.14. The van der Waals surface area contributed by atoms with Crippen molar-refractivity contribution in [2.45, 2.75) is 25.5 Å². The molecule has 3 aromatic rings. The third-order valence-electron chi connectivity index (χ3n) is 5.82. The van der Waals surface area contributed by atoms with Gasteiger partial charge in [0.05, 0.1) is 18.9 Å². The lowest BCUT2D eigenvalue weighted by Gasteiger charge is -2.25. The number of benzene rings is 1. The van der Waals surface area contributed by atoms with Crippen LogP contribution < -0.4 is 10.1 Å². The van der Waals surface area contributed by atoms with Crippen molar-refractivity contribution in [3.63, 3.8) is 0 Å². The van der Waals surface area contributed by atoms with Crippen molar-refractivity contribution in [3.8, 4) is 17.0 Å². The number of rotatable bonds is 5. The number of H-pyrrole nitrogens is 1. The second-order valence-electron chi connectivity index (χ2n) is 7.90. The SMILES string of the molecule is c1cc2[nH]c(CN3CCOCC3)cc2c(-c2ccc(OC3CCNCC3)cc2)n1. The maximum atomic E-state index is 6.14. The Morgan fingerprint density at radius 3 is 2.66 bits per heavy atom. The second-order valence-corrected chi connectivity index (χ2v) is 7.90. The minimum Gasteiger partial charge on any atom is -0.490 e. The van der Waals surface area contributed by atoms with E-state index in [0.717, 1.165) is 81.3 Å². The molecular weight excluding hydrogens is 364 g/mol. The van der Waals surface area contributed by atoms with Gasteiger partial charge < -0.3 is 19.8 Å². The van der Waals surface area contributed by atoms with E-state index in [1.165, 1.54) is 11.1 Å². The summed E-state index contributed by atoms with van der Waals surface area (Å²) < 4.78 is 11.6. The summed E-state index contributed by atoms with van der Waals surface area (Å²) >= 11 is 0. The summed E-state index contributed by atoms with van der Waals surface area (Å²) in [7, 11) is 0. The summed E-state index contributed by atoms with van der Waals surface area (Å²) in [4.78, 5) is 10.7. The monoisotopic (exact) mass is 392 g/mol. The van der Waals surface area contributed by atoms with Gasteiger partial charge in [-0.2, -0.15) is 0 Å². The lowest BCUT2D eigenvalue weighted by Crippen LogP contribution is -2.35. The van der Waals surface area contributed by atoms with E-state index in [1.54, 1.807) is 0 Å². The quantitative estimate of drug-likeness (QED) is 0.698. The zero-order valence-corrected chi connectivity index (χ0v) is 16.7. The number of morpholine rings is 1. The summed E-state index contributed by atoms with van der Waals surface area (Å²) in [6.45, 7) is 6.60. The van der Waals surface area contributed by atoms with Crippen LogP contribution in [0.3, 0.4) is 0 Å². The van der Waals surface area contributed by atoms with Crippen molar-refractivity contribution in [2.75, 3.05) is 39.4 Å². The average Bonchev–Trinajstić information content (AvgIpc) is 3.18. The van der Waals surface area contributed by atoms with Gasteiger partial charge in [-0.3, -0.25) is 9.88 Å². The molecule has 0 radical (unpaired) electrons. The third-order valence-corrected chi connectivity index (χ3v) is 5.82. The fourth-order valence-corrected chi connectivity index (χ4v) is 4.22. The molecule has 4 heterocycles. The molecule has 2 aliphatic heterocycles. The molecule has 0 unspecified atom stereocenters. The molecule has 0 bridgehead atoms. The van der Waals surface area contributed by atoms with Gasteiger partial charge in [0.2, 0.25) is 0 Å². The summed E-state index contributed by atoms with van der Waals surface area (Å²) in [5, 5.41) is 4.54. The molecule has 29 heavy (non-hydrogen) atoms. The van der Waals surface area contributed by atoms with E-state index in [4.69, 9.17) is 9.47 Å². The number of nitrogens with zero attached hydrogens (tertiary/aromatic N) is 2. The summed E-state index contributed by atoms with van der Waals surface area (Å²) in [5.74, 6) is 0.940. The van der Waals surface area contributed by atoms with E-state index in [-0.39, 0.29) is 0 Å². The van der Waals surface area contributed by atoms with Crippen LogP contribution in [-0.4, -0.2) is 60.4 Å². The van der Waals surface area contributed by atoms with Gasteiger partial charge in [-0.1, -0.05) is 0 Å². The average molecular weight is 393 g/mol. The summed E-state index contributed by atoms with van der Waals surface area (Å²) in [5.41, 5.74) is 4.49. The van der Waals surface area contributed by atoms with E-state index < -0.39 is 0 Å². The first-order valence-electron chi connectivity index (χ1n) is 10.6. The standard InChI is InChI=1S/C23H28N4O2/c1-3-19(29-20-5-8-24-9-6-20)4-2-17(1)23-21-15-18(26-22(21)7-10-25-23)16-27-11-13-28-14-12-27/h1-4,7,10,15,20,24,26H,5-6,8-9,11-14,16H2. The fourth-order valence-electron chi connectivity index (χ4n) is 4.22. The van der Waals surface area contributed by atoms with Crippen molar-refractivity contribution in [1.29, 1.82) is 0 Å². The van der Waals surface area contributed by atoms with Crippen molar-refractivity contribution in [1.82, 2.24) is 20.2 Å². The van der Waals surface area contributed by atoms with Gasteiger partial charge >= 0.3 is 0 Å². The molecule has 2 aromatic heterocycles. The van der Waals surface area contributed by atoms with E-state index in [1.807, 2.05) is 6.20 Å². The largest absolute Gasteiger partial charge is 0.490 e. The number of hydrogen-bond acceptors (Lipinski definition) is 5. The lowest BCUT2D eigenvalue weighted by atomic mass is 10.1. The highest BCUT2D eigenvalue weighted by atomic mass is 16.5. The predicted molar refractivity (Wildman–Crippen MR) is 114 cm³/mol. The van der Waals surface area contributed by atoms with E-state index >= 15 is 0 Å². The van der Waals surface area contributed by atoms with Crippen molar-refractivity contribution < 1.29 is 9.47 Å². The first-order chi connectivity index (χ1) is 14.3. The van der Waals surface area contributed by atoms with Crippen LogP contribution in [0.1, 0.15) is 18.5 Å². The molecule has 0 atom stereocenters. The summed E-state index contributed by atoms with van der Waals surface area (Å²) in [6.07, 6.45) is 4.33. The zero-order chi connectivity index (χ0) is 19.5. The predicted octanol–water partition coefficient (Wildman–Crippen LogP) is 3.19. The Kier molecular flexibility index (Phi) is 5.47. The van der Waals surface area contributed by atoms with Crippen molar-refractivity contribution >= 4 is 10.9 Å². The number of pyridine rings is 1. The number of hydrogen-bond donors (Lipinski definition) is 2. The highest BCUT2D eigenvalue weighted by Gasteiger charge is 2.16. The van der Waals surface area contributed by atoms with Gasteiger partial charge in [0.15, 0.2) is 0 Å². The minimum atomic E-state index is 0.316. The first-order valence-corrected chi connectivity index (χ1v) is 10.6. The normalized spacial score (nSPS) is 18.9. The van der Waals surface area contributed by atoms with Gasteiger partial charge in [-0.05, 0) is 62.3 Å². The number of piperidine rings is 1. The van der Waals surface area contributed by atoms with Crippen LogP contribution >= 0.6 is 0 Å². The van der Waals surface area contributed by atoms with E-state index in [0.29, 0.717) is 6.10 Å². The molecule has 2 aliphatic rings. The lowest BCUT2D eigenvalue weighted by molar-refractivity contribution is 0.0337. The number of fused-ring (bicyclic) bond motifs is 1. The minimum absolute atomic E-state index is 0.316. The molecule has 0 spiro atoms. The molecule has 0 amide bonds. The maximum Gasteiger partial charge on any atom is 0.119 e. The van der Waals surface area contributed by atoms with Crippen LogP contribution in [0.15, 0.2) is 42.6 Å². The van der Waals surface area contributed by atoms with E-state index in [2.05, 4.69) is 56.6 Å². The Labute approximate surface area is 171 Å². The summed E-state index contributed by atoms with van der Waals surface area (Å²) in [6, 6.07) is 12.7. The van der Waals surface area contributed by atoms with Crippen LogP contribution in [0, 0.1) is 0 Å². The second kappa shape index (κ2) is 8.53. The van der Waals surface area contributed by atoms with Gasteiger partial charge in [-0.15, -0.1) is 0 Å². The smallest absolute Gasteiger partial charge is 0.119 e. The molecule has 6 nitrogen and oxygen atoms in total. The molecule has 5 rings (SSSR count). The van der Waals surface area contributed by atoms with Gasteiger partial charge in [-0.25, -0.2) is 0 Å². The van der Waals surface area contributed by atoms with Gasteiger partial charge in [0, 0.05) is 48.0 Å². The van der Waals surface area contributed by atoms with Crippen LogP contribution in [-0.2, 0) is 11.3 Å². The molecule has 0 saturated carbocycles. The van der Waals surface area contributed by atoms with Crippen molar-refractivity contribution in [3.05, 3.63) is 48.3 Å². The Morgan fingerprint density at radius 1 is 1.07 bits per heavy atom. The highest BCUT2D eigenvalue weighted by Crippen LogP contribution is 2.29. The Bertz CT molecular complexity index is 941.